The van der Waals surface area contributed by atoms with Gasteiger partial charge in [-0.05, 0) is 50.8 Å². The standard InChI is InChI=1S/C18H27FN2O3/c1-13-4-5-15(12-17(13)19)20-18(23)14(2)21-8-6-16(7-9-21)24-11-3-10-22/h4-5,12,14,16,22H,3,6-11H2,1-2H3,(H,20,23). The fourth-order valence-corrected chi connectivity index (χ4v) is 2.83. The van der Waals surface area contributed by atoms with Crippen molar-refractivity contribution in [3.63, 3.8) is 0 Å². The van der Waals surface area contributed by atoms with Crippen molar-refractivity contribution in [2.24, 2.45) is 0 Å². The zero-order valence-electron chi connectivity index (χ0n) is 14.4. The van der Waals surface area contributed by atoms with Crippen LogP contribution in [-0.2, 0) is 9.53 Å². The van der Waals surface area contributed by atoms with Crippen LogP contribution in [-0.4, -0.2) is 54.4 Å². The Labute approximate surface area is 142 Å². The lowest BCUT2D eigenvalue weighted by Gasteiger charge is -2.35. The molecule has 1 aliphatic heterocycles. The van der Waals surface area contributed by atoms with Crippen LogP contribution >= 0.6 is 0 Å². The lowest BCUT2D eigenvalue weighted by atomic mass is 10.1. The summed E-state index contributed by atoms with van der Waals surface area (Å²) >= 11 is 0. The van der Waals surface area contributed by atoms with E-state index < -0.39 is 0 Å². The molecule has 2 N–H and O–H groups in total. The molecule has 0 spiro atoms. The zero-order valence-corrected chi connectivity index (χ0v) is 14.4. The van der Waals surface area contributed by atoms with Gasteiger partial charge in [0, 0.05) is 32.0 Å². The van der Waals surface area contributed by atoms with Crippen molar-refractivity contribution in [1.29, 1.82) is 0 Å². The van der Waals surface area contributed by atoms with Crippen LogP contribution in [0.15, 0.2) is 18.2 Å². The molecule has 1 heterocycles. The minimum Gasteiger partial charge on any atom is -0.396 e. The predicted molar refractivity (Wildman–Crippen MR) is 91.5 cm³/mol. The van der Waals surface area contributed by atoms with Crippen molar-refractivity contribution < 1.29 is 19.0 Å². The van der Waals surface area contributed by atoms with E-state index in [4.69, 9.17) is 9.84 Å². The van der Waals surface area contributed by atoms with Gasteiger partial charge in [-0.2, -0.15) is 0 Å². The highest BCUT2D eigenvalue weighted by Crippen LogP contribution is 2.18. The lowest BCUT2D eigenvalue weighted by molar-refractivity contribution is -0.121. The monoisotopic (exact) mass is 338 g/mol. The van der Waals surface area contributed by atoms with E-state index in [0.717, 1.165) is 25.9 Å². The number of piperidine rings is 1. The number of hydrogen-bond donors (Lipinski definition) is 2. The zero-order chi connectivity index (χ0) is 17.5. The van der Waals surface area contributed by atoms with Crippen molar-refractivity contribution in [1.82, 2.24) is 4.90 Å². The van der Waals surface area contributed by atoms with E-state index in [1.165, 1.54) is 6.07 Å². The number of carbonyl (C=O) groups is 1. The van der Waals surface area contributed by atoms with Crippen LogP contribution in [0.4, 0.5) is 10.1 Å². The summed E-state index contributed by atoms with van der Waals surface area (Å²) in [6.07, 6.45) is 2.62. The molecule has 134 valence electrons. The van der Waals surface area contributed by atoms with Crippen LogP contribution in [0.1, 0.15) is 31.7 Å². The molecule has 6 heteroatoms. The van der Waals surface area contributed by atoms with Crippen LogP contribution in [0.5, 0.6) is 0 Å². The molecular weight excluding hydrogens is 311 g/mol. The number of rotatable bonds is 7. The summed E-state index contributed by atoms with van der Waals surface area (Å²) < 4.78 is 19.3. The summed E-state index contributed by atoms with van der Waals surface area (Å²) in [4.78, 5) is 14.5. The molecule has 1 aliphatic rings. The van der Waals surface area contributed by atoms with Crippen molar-refractivity contribution in [3.8, 4) is 0 Å². The Hall–Kier alpha value is -1.50. The first-order valence-corrected chi connectivity index (χ1v) is 8.54. The third-order valence-electron chi connectivity index (χ3n) is 4.50. The molecule has 2 rings (SSSR count). The van der Waals surface area contributed by atoms with Gasteiger partial charge < -0.3 is 15.2 Å². The number of likely N-dealkylation sites (tertiary alicyclic amines) is 1. The van der Waals surface area contributed by atoms with Gasteiger partial charge in [0.2, 0.25) is 5.91 Å². The SMILES string of the molecule is Cc1ccc(NC(=O)C(C)N2CCC(OCCCO)CC2)cc1F. The van der Waals surface area contributed by atoms with Gasteiger partial charge >= 0.3 is 0 Å². The number of nitrogens with one attached hydrogen (secondary N) is 1. The van der Waals surface area contributed by atoms with Gasteiger partial charge in [0.05, 0.1) is 12.1 Å². The number of aliphatic hydroxyl groups is 1. The van der Waals surface area contributed by atoms with Crippen LogP contribution < -0.4 is 5.32 Å². The molecular formula is C18H27FN2O3. The Morgan fingerprint density at radius 2 is 2.17 bits per heavy atom. The Morgan fingerprint density at radius 1 is 1.46 bits per heavy atom. The molecule has 1 fully saturated rings. The number of aryl methyl sites for hydroxylation is 1. The molecule has 1 atom stereocenters. The average molecular weight is 338 g/mol. The van der Waals surface area contributed by atoms with E-state index in [1.54, 1.807) is 19.1 Å². The quantitative estimate of drug-likeness (QED) is 0.749. The van der Waals surface area contributed by atoms with Crippen molar-refractivity contribution in [3.05, 3.63) is 29.6 Å². The minimum absolute atomic E-state index is 0.127. The van der Waals surface area contributed by atoms with Gasteiger partial charge in [-0.15, -0.1) is 0 Å². The summed E-state index contributed by atoms with van der Waals surface area (Å²) in [7, 11) is 0. The fourth-order valence-electron chi connectivity index (χ4n) is 2.83. The van der Waals surface area contributed by atoms with Crippen molar-refractivity contribution >= 4 is 11.6 Å². The number of anilines is 1. The smallest absolute Gasteiger partial charge is 0.241 e. The van der Waals surface area contributed by atoms with Crippen LogP contribution in [0.2, 0.25) is 0 Å². The third-order valence-corrected chi connectivity index (χ3v) is 4.50. The van der Waals surface area contributed by atoms with Gasteiger partial charge in [-0.25, -0.2) is 4.39 Å². The number of halogens is 1. The summed E-state index contributed by atoms with van der Waals surface area (Å²) in [6.45, 7) is 5.87. The number of amides is 1. The molecule has 1 unspecified atom stereocenters. The highest BCUT2D eigenvalue weighted by atomic mass is 19.1. The molecule has 0 saturated carbocycles. The van der Waals surface area contributed by atoms with E-state index in [1.807, 2.05) is 6.92 Å². The van der Waals surface area contributed by atoms with Crippen LogP contribution in [0, 0.1) is 12.7 Å². The van der Waals surface area contributed by atoms with E-state index in [0.29, 0.717) is 24.3 Å². The molecule has 5 nitrogen and oxygen atoms in total. The molecule has 24 heavy (non-hydrogen) atoms. The molecule has 0 bridgehead atoms. The maximum atomic E-state index is 13.6. The van der Waals surface area contributed by atoms with Gasteiger partial charge in [0.1, 0.15) is 5.82 Å². The van der Waals surface area contributed by atoms with Crippen LogP contribution in [0.3, 0.4) is 0 Å². The summed E-state index contributed by atoms with van der Waals surface area (Å²) in [6, 6.07) is 4.45. The average Bonchev–Trinajstić information content (AvgIpc) is 2.58. The lowest BCUT2D eigenvalue weighted by Crippen LogP contribution is -2.47. The van der Waals surface area contributed by atoms with E-state index >= 15 is 0 Å². The number of carbonyl (C=O) groups excluding carboxylic acids is 1. The predicted octanol–water partition coefficient (Wildman–Crippen LogP) is 2.32. The highest BCUT2D eigenvalue weighted by Gasteiger charge is 2.27. The second kappa shape index (κ2) is 9.11. The number of benzene rings is 1. The largest absolute Gasteiger partial charge is 0.396 e. The molecule has 1 amide bonds. The first kappa shape index (κ1) is 18.8. The Kier molecular flexibility index (Phi) is 7.15. The van der Waals surface area contributed by atoms with E-state index in [2.05, 4.69) is 10.2 Å². The highest BCUT2D eigenvalue weighted by molar-refractivity contribution is 5.94. The molecule has 0 aromatic heterocycles. The first-order valence-electron chi connectivity index (χ1n) is 8.54. The fraction of sp³-hybridized carbons (Fsp3) is 0.611. The third kappa shape index (κ3) is 5.26. The topological polar surface area (TPSA) is 61.8 Å². The van der Waals surface area contributed by atoms with E-state index in [-0.39, 0.29) is 30.5 Å². The number of nitrogens with zero attached hydrogens (tertiary/aromatic N) is 1. The summed E-state index contributed by atoms with van der Waals surface area (Å²) in [5.74, 6) is -0.445. The second-order valence-electron chi connectivity index (χ2n) is 6.31. The van der Waals surface area contributed by atoms with Crippen LogP contribution in [0.25, 0.3) is 0 Å². The second-order valence-corrected chi connectivity index (χ2v) is 6.31. The molecule has 1 aromatic carbocycles. The molecule has 1 aromatic rings. The first-order chi connectivity index (χ1) is 11.5. The number of hydrogen-bond acceptors (Lipinski definition) is 4. The van der Waals surface area contributed by atoms with Gasteiger partial charge in [0.15, 0.2) is 0 Å². The summed E-state index contributed by atoms with van der Waals surface area (Å²) in [5, 5.41) is 11.5. The number of aliphatic hydroxyl groups excluding tert-OH is 1. The van der Waals surface area contributed by atoms with E-state index in [9.17, 15) is 9.18 Å². The summed E-state index contributed by atoms with van der Waals surface area (Å²) in [5.41, 5.74) is 1.04. The van der Waals surface area contributed by atoms with Crippen molar-refractivity contribution in [2.75, 3.05) is 31.6 Å². The maximum absolute atomic E-state index is 13.6. The van der Waals surface area contributed by atoms with Gasteiger partial charge in [-0.3, -0.25) is 9.69 Å². The molecule has 1 saturated heterocycles. The van der Waals surface area contributed by atoms with Gasteiger partial charge in [0.25, 0.3) is 0 Å². The Morgan fingerprint density at radius 3 is 2.79 bits per heavy atom. The van der Waals surface area contributed by atoms with Crippen molar-refractivity contribution in [2.45, 2.75) is 45.3 Å². The normalized spacial score (nSPS) is 17.7. The Balaban J connectivity index is 1.80. The molecule has 0 radical (unpaired) electrons. The minimum atomic E-state index is -0.318. The van der Waals surface area contributed by atoms with Gasteiger partial charge in [-0.1, -0.05) is 6.07 Å². The Bertz CT molecular complexity index is 545. The number of ether oxygens (including phenoxy) is 1. The maximum Gasteiger partial charge on any atom is 0.241 e. The molecule has 0 aliphatic carbocycles.